The first-order valence-electron chi connectivity index (χ1n) is 5.12. The summed E-state index contributed by atoms with van der Waals surface area (Å²) in [5.74, 6) is 1.41. The Morgan fingerprint density at radius 3 is 2.64 bits per heavy atom. The Morgan fingerprint density at radius 1 is 1.36 bits per heavy atom. The molecule has 0 radical (unpaired) electrons. The number of nitrogens with zero attached hydrogens (tertiary/aromatic N) is 1. The molecular weight excluding hydrogens is 172 g/mol. The highest BCUT2D eigenvalue weighted by molar-refractivity contribution is 5.82. The molecule has 74 valence electrons. The summed E-state index contributed by atoms with van der Waals surface area (Å²) >= 11 is 0. The van der Waals surface area contributed by atoms with Crippen LogP contribution >= 0.6 is 0 Å². The highest BCUT2D eigenvalue weighted by atomic mass is 14.9. The second-order valence-corrected chi connectivity index (χ2v) is 4.06. The molecule has 2 N–H and O–H groups in total. The van der Waals surface area contributed by atoms with Crippen molar-refractivity contribution < 1.29 is 0 Å². The number of hydrogen-bond donors (Lipinski definition) is 1. The maximum absolute atomic E-state index is 5.72. The van der Waals surface area contributed by atoms with Crippen LogP contribution in [0.1, 0.15) is 18.9 Å². The first-order valence-corrected chi connectivity index (χ1v) is 5.12. The molecule has 0 aromatic heterocycles. The first kappa shape index (κ1) is 9.25. The zero-order valence-corrected chi connectivity index (χ0v) is 8.48. The van der Waals surface area contributed by atoms with E-state index in [0.29, 0.717) is 12.0 Å². The Kier molecular flexibility index (Phi) is 2.53. The Bertz CT molecular complexity index is 329. The van der Waals surface area contributed by atoms with Gasteiger partial charge in [-0.15, -0.1) is 0 Å². The van der Waals surface area contributed by atoms with Crippen LogP contribution in [0.5, 0.6) is 0 Å². The molecule has 0 bridgehead atoms. The van der Waals surface area contributed by atoms with Crippen molar-refractivity contribution in [2.24, 2.45) is 16.6 Å². The van der Waals surface area contributed by atoms with E-state index in [4.69, 9.17) is 5.73 Å². The molecule has 1 aromatic carbocycles. The molecule has 1 aliphatic rings. The van der Waals surface area contributed by atoms with Crippen LogP contribution in [0.4, 0.5) is 0 Å². The molecule has 0 saturated carbocycles. The third kappa shape index (κ3) is 1.95. The van der Waals surface area contributed by atoms with E-state index in [1.165, 1.54) is 5.56 Å². The Labute approximate surface area is 84.9 Å². The molecule has 0 spiro atoms. The summed E-state index contributed by atoms with van der Waals surface area (Å²) < 4.78 is 0. The Morgan fingerprint density at radius 2 is 2.07 bits per heavy atom. The summed E-state index contributed by atoms with van der Waals surface area (Å²) in [7, 11) is 0. The molecule has 0 amide bonds. The van der Waals surface area contributed by atoms with Gasteiger partial charge >= 0.3 is 0 Å². The van der Waals surface area contributed by atoms with E-state index >= 15 is 0 Å². The quantitative estimate of drug-likeness (QED) is 0.757. The SMILES string of the molecule is C[C@H]1CC(N)=NC1Cc1ccccc1. The molecule has 2 heteroatoms. The van der Waals surface area contributed by atoms with E-state index in [1.54, 1.807) is 0 Å². The van der Waals surface area contributed by atoms with Gasteiger partial charge in [-0.05, 0) is 17.9 Å². The second kappa shape index (κ2) is 3.82. The van der Waals surface area contributed by atoms with Crippen molar-refractivity contribution in [1.29, 1.82) is 0 Å². The molecule has 1 unspecified atom stereocenters. The summed E-state index contributed by atoms with van der Waals surface area (Å²) in [5.41, 5.74) is 7.07. The first-order chi connectivity index (χ1) is 6.75. The van der Waals surface area contributed by atoms with Crippen molar-refractivity contribution in [1.82, 2.24) is 0 Å². The predicted molar refractivity (Wildman–Crippen MR) is 59.3 cm³/mol. The zero-order valence-electron chi connectivity index (χ0n) is 8.48. The smallest absolute Gasteiger partial charge is 0.0944 e. The fourth-order valence-corrected chi connectivity index (χ4v) is 1.96. The van der Waals surface area contributed by atoms with Gasteiger partial charge in [0.25, 0.3) is 0 Å². The Balaban J connectivity index is 2.05. The molecule has 0 saturated heterocycles. The summed E-state index contributed by atoms with van der Waals surface area (Å²) in [6, 6.07) is 10.9. The van der Waals surface area contributed by atoms with Gasteiger partial charge in [-0.25, -0.2) is 0 Å². The van der Waals surface area contributed by atoms with Gasteiger partial charge in [0.15, 0.2) is 0 Å². The van der Waals surface area contributed by atoms with E-state index in [9.17, 15) is 0 Å². The van der Waals surface area contributed by atoms with Gasteiger partial charge in [0.2, 0.25) is 0 Å². The van der Waals surface area contributed by atoms with Crippen LogP contribution in [0.2, 0.25) is 0 Å². The van der Waals surface area contributed by atoms with Crippen LogP contribution < -0.4 is 5.73 Å². The molecule has 2 nitrogen and oxygen atoms in total. The number of benzene rings is 1. The third-order valence-corrected chi connectivity index (χ3v) is 2.81. The monoisotopic (exact) mass is 188 g/mol. The van der Waals surface area contributed by atoms with Crippen LogP contribution in [0.25, 0.3) is 0 Å². The predicted octanol–water partition coefficient (Wildman–Crippen LogP) is 1.99. The van der Waals surface area contributed by atoms with Crippen molar-refractivity contribution in [2.75, 3.05) is 0 Å². The Hall–Kier alpha value is -1.31. The highest BCUT2D eigenvalue weighted by Gasteiger charge is 2.23. The molecule has 2 atom stereocenters. The highest BCUT2D eigenvalue weighted by Crippen LogP contribution is 2.22. The van der Waals surface area contributed by atoms with E-state index in [0.717, 1.165) is 18.7 Å². The number of amidine groups is 1. The molecule has 0 fully saturated rings. The van der Waals surface area contributed by atoms with Crippen molar-refractivity contribution in [3.63, 3.8) is 0 Å². The standard InChI is InChI=1S/C12H16N2/c1-9-7-12(13)14-11(9)8-10-5-3-2-4-6-10/h2-6,9,11H,7-8H2,1H3,(H2,13,14)/t9-,11?/m0/s1. The molecule has 1 aliphatic heterocycles. The van der Waals surface area contributed by atoms with Crippen molar-refractivity contribution >= 4 is 5.84 Å². The minimum atomic E-state index is 0.386. The van der Waals surface area contributed by atoms with E-state index in [2.05, 4.69) is 36.2 Å². The topological polar surface area (TPSA) is 38.4 Å². The number of aliphatic imine (C=N–C) groups is 1. The van der Waals surface area contributed by atoms with Crippen LogP contribution in [0, 0.1) is 5.92 Å². The minimum absolute atomic E-state index is 0.386. The maximum atomic E-state index is 5.72. The fourth-order valence-electron chi connectivity index (χ4n) is 1.96. The summed E-state index contributed by atoms with van der Waals surface area (Å²) in [4.78, 5) is 4.46. The molecule has 14 heavy (non-hydrogen) atoms. The zero-order chi connectivity index (χ0) is 9.97. The average molecular weight is 188 g/mol. The molecule has 1 heterocycles. The largest absolute Gasteiger partial charge is 0.387 e. The van der Waals surface area contributed by atoms with Crippen molar-refractivity contribution in [3.8, 4) is 0 Å². The van der Waals surface area contributed by atoms with Crippen LogP contribution in [0.3, 0.4) is 0 Å². The lowest BCUT2D eigenvalue weighted by Crippen LogP contribution is -2.13. The lowest BCUT2D eigenvalue weighted by molar-refractivity contribution is 0.502. The van der Waals surface area contributed by atoms with Crippen molar-refractivity contribution in [2.45, 2.75) is 25.8 Å². The maximum Gasteiger partial charge on any atom is 0.0944 e. The summed E-state index contributed by atoms with van der Waals surface area (Å²) in [6.45, 7) is 2.22. The minimum Gasteiger partial charge on any atom is -0.387 e. The molecule has 0 aliphatic carbocycles. The van der Waals surface area contributed by atoms with E-state index in [-0.39, 0.29) is 0 Å². The normalized spacial score (nSPS) is 26.2. The second-order valence-electron chi connectivity index (χ2n) is 4.06. The molecule has 2 rings (SSSR count). The third-order valence-electron chi connectivity index (χ3n) is 2.81. The van der Waals surface area contributed by atoms with Crippen LogP contribution in [-0.2, 0) is 6.42 Å². The van der Waals surface area contributed by atoms with Gasteiger partial charge in [0, 0.05) is 6.42 Å². The summed E-state index contributed by atoms with van der Waals surface area (Å²) in [5, 5.41) is 0. The average Bonchev–Trinajstić information content (AvgIpc) is 2.47. The van der Waals surface area contributed by atoms with E-state index < -0.39 is 0 Å². The lowest BCUT2D eigenvalue weighted by atomic mass is 9.96. The number of rotatable bonds is 2. The fraction of sp³-hybridized carbons (Fsp3) is 0.417. The van der Waals surface area contributed by atoms with Gasteiger partial charge in [0.05, 0.1) is 11.9 Å². The lowest BCUT2D eigenvalue weighted by Gasteiger charge is -2.12. The number of hydrogen-bond acceptors (Lipinski definition) is 2. The van der Waals surface area contributed by atoms with Gasteiger partial charge < -0.3 is 5.73 Å². The van der Waals surface area contributed by atoms with E-state index in [1.807, 2.05) is 6.07 Å². The van der Waals surface area contributed by atoms with Gasteiger partial charge in [-0.2, -0.15) is 0 Å². The van der Waals surface area contributed by atoms with Gasteiger partial charge in [-0.1, -0.05) is 37.3 Å². The van der Waals surface area contributed by atoms with Crippen LogP contribution in [-0.4, -0.2) is 11.9 Å². The molecular formula is C12H16N2. The number of nitrogens with two attached hydrogens (primary N) is 1. The summed E-state index contributed by atoms with van der Waals surface area (Å²) in [6.07, 6.45) is 1.97. The van der Waals surface area contributed by atoms with Crippen LogP contribution in [0.15, 0.2) is 35.3 Å². The van der Waals surface area contributed by atoms with Gasteiger partial charge in [-0.3, -0.25) is 4.99 Å². The molecule has 1 aromatic rings. The van der Waals surface area contributed by atoms with Crippen molar-refractivity contribution in [3.05, 3.63) is 35.9 Å². The van der Waals surface area contributed by atoms with Gasteiger partial charge in [0.1, 0.15) is 0 Å².